The van der Waals surface area contributed by atoms with Gasteiger partial charge in [0, 0.05) is 58.2 Å². The van der Waals surface area contributed by atoms with Crippen molar-refractivity contribution in [2.24, 2.45) is 0 Å². The van der Waals surface area contributed by atoms with Gasteiger partial charge in [-0.15, -0.1) is 0 Å². The van der Waals surface area contributed by atoms with E-state index in [1.165, 1.54) is 9.80 Å². The number of rotatable bonds is 5. The molecule has 3 aliphatic rings. The summed E-state index contributed by atoms with van der Waals surface area (Å²) in [7, 11) is 0. The minimum absolute atomic E-state index is 0.0890. The molecule has 3 fully saturated rings. The normalized spacial score (nSPS) is 20.7. The van der Waals surface area contributed by atoms with Crippen molar-refractivity contribution in [3.63, 3.8) is 0 Å². The largest absolute Gasteiger partial charge is 0.444 e. The Labute approximate surface area is 245 Å². The van der Waals surface area contributed by atoms with Crippen molar-refractivity contribution in [2.45, 2.75) is 77.8 Å². The zero-order chi connectivity index (χ0) is 31.1. The Morgan fingerprint density at radius 3 is 2.24 bits per heavy atom. The lowest BCUT2D eigenvalue weighted by molar-refractivity contribution is -0.136. The summed E-state index contributed by atoms with van der Waals surface area (Å²) in [6.07, 6.45) is 4.72. The second kappa shape index (κ2) is 13.9. The Kier molecular flexibility index (Phi) is 10.8. The van der Waals surface area contributed by atoms with Crippen LogP contribution in [0.15, 0.2) is 18.7 Å². The summed E-state index contributed by atoms with van der Waals surface area (Å²) in [5, 5.41) is 6.05. The summed E-state index contributed by atoms with van der Waals surface area (Å²) in [5.41, 5.74) is -1.12. The quantitative estimate of drug-likeness (QED) is 0.219. The minimum Gasteiger partial charge on any atom is -0.444 e. The average Bonchev–Trinajstić information content (AvgIpc) is 3.52. The van der Waals surface area contributed by atoms with Crippen molar-refractivity contribution >= 4 is 30.2 Å². The molecule has 4 heterocycles. The molecule has 0 spiro atoms. The molecule has 1 aromatic heterocycles. The number of piperazine rings is 2. The molecule has 234 valence electrons. The molecule has 0 aliphatic carbocycles. The number of cyclic esters (lactones) is 2. The second-order valence-corrected chi connectivity index (χ2v) is 12.2. The van der Waals surface area contributed by atoms with E-state index < -0.39 is 41.4 Å². The first-order valence-electron chi connectivity index (χ1n) is 14.1. The molecular weight excluding hydrogens is 550 g/mol. The maximum absolute atomic E-state index is 12.2. The molecule has 1 aromatic rings. The van der Waals surface area contributed by atoms with E-state index >= 15 is 0 Å². The Hall–Kier alpha value is -3.88. The number of esters is 1. The smallest absolute Gasteiger partial charge is 0.418 e. The van der Waals surface area contributed by atoms with E-state index in [4.69, 9.17) is 9.47 Å². The third kappa shape index (κ3) is 9.89. The van der Waals surface area contributed by atoms with Gasteiger partial charge in [0.25, 0.3) is 0 Å². The third-order valence-corrected chi connectivity index (χ3v) is 6.32. The van der Waals surface area contributed by atoms with E-state index in [0.29, 0.717) is 32.7 Å². The third-order valence-electron chi connectivity index (χ3n) is 6.32. The molecule has 2 N–H and O–H groups in total. The maximum atomic E-state index is 12.2. The van der Waals surface area contributed by atoms with Crippen molar-refractivity contribution < 1.29 is 38.2 Å². The van der Waals surface area contributed by atoms with Crippen molar-refractivity contribution in [1.82, 2.24) is 34.9 Å². The highest BCUT2D eigenvalue weighted by Crippen LogP contribution is 2.21. The van der Waals surface area contributed by atoms with Crippen LogP contribution < -0.4 is 10.6 Å². The number of amides is 4. The Morgan fingerprint density at radius 1 is 1.00 bits per heavy atom. The average molecular weight is 594 g/mol. The summed E-state index contributed by atoms with van der Waals surface area (Å²) in [6, 6.07) is -1.10. The molecule has 42 heavy (non-hydrogen) atoms. The number of hydrogen-bond donors (Lipinski definition) is 2. The molecule has 15 nitrogen and oxygen atoms in total. The number of ether oxygens (including phenoxy) is 3. The SMILES string of the molecule is CC(C)(C)OC(=O)N1CCN2C(=O)OC(=O)C2C1.CC(C)(C)OC(=O)N1CCNC(C(=O)NCCCn2ccnc2)C1. The van der Waals surface area contributed by atoms with Gasteiger partial charge in [0.1, 0.15) is 17.2 Å². The highest BCUT2D eigenvalue weighted by molar-refractivity contribution is 5.96. The first kappa shape index (κ1) is 32.6. The summed E-state index contributed by atoms with van der Waals surface area (Å²) in [4.78, 5) is 67.2. The number of aromatic nitrogens is 2. The Morgan fingerprint density at radius 2 is 1.64 bits per heavy atom. The number of nitrogens with zero attached hydrogens (tertiary/aromatic N) is 5. The zero-order valence-electron chi connectivity index (χ0n) is 25.3. The highest BCUT2D eigenvalue weighted by Gasteiger charge is 2.46. The van der Waals surface area contributed by atoms with Crippen LogP contribution in [0, 0.1) is 0 Å². The van der Waals surface area contributed by atoms with Gasteiger partial charge in [-0.1, -0.05) is 0 Å². The van der Waals surface area contributed by atoms with Gasteiger partial charge in [-0.05, 0) is 48.0 Å². The van der Waals surface area contributed by atoms with Crippen LogP contribution in [-0.2, 0) is 30.3 Å². The van der Waals surface area contributed by atoms with Crippen LogP contribution in [0.5, 0.6) is 0 Å². The van der Waals surface area contributed by atoms with Gasteiger partial charge in [0.05, 0.1) is 12.9 Å². The lowest BCUT2D eigenvalue weighted by Crippen LogP contribution is -2.58. The Balaban J connectivity index is 0.000000240. The predicted molar refractivity (Wildman–Crippen MR) is 149 cm³/mol. The summed E-state index contributed by atoms with van der Waals surface area (Å²) >= 11 is 0. The van der Waals surface area contributed by atoms with E-state index in [1.54, 1.807) is 38.2 Å². The molecule has 4 rings (SSSR count). The molecule has 0 radical (unpaired) electrons. The zero-order valence-corrected chi connectivity index (χ0v) is 25.3. The van der Waals surface area contributed by atoms with Gasteiger partial charge < -0.3 is 39.2 Å². The monoisotopic (exact) mass is 593 g/mol. The fraction of sp³-hybridized carbons (Fsp3) is 0.704. The van der Waals surface area contributed by atoms with Gasteiger partial charge >= 0.3 is 24.2 Å². The molecule has 3 saturated heterocycles. The van der Waals surface area contributed by atoms with E-state index in [2.05, 4.69) is 20.4 Å². The Bertz CT molecular complexity index is 1110. The summed E-state index contributed by atoms with van der Waals surface area (Å²) in [5.74, 6) is -0.692. The lowest BCUT2D eigenvalue weighted by Gasteiger charge is -2.35. The number of hydrogen-bond acceptors (Lipinski definition) is 10. The second-order valence-electron chi connectivity index (χ2n) is 12.2. The predicted octanol–water partition coefficient (Wildman–Crippen LogP) is 1.18. The first-order valence-corrected chi connectivity index (χ1v) is 14.1. The minimum atomic E-state index is -0.696. The van der Waals surface area contributed by atoms with Gasteiger partial charge in [0.2, 0.25) is 5.91 Å². The fourth-order valence-electron chi connectivity index (χ4n) is 4.34. The number of fused-ring (bicyclic) bond motifs is 1. The van der Waals surface area contributed by atoms with Crippen LogP contribution in [0.1, 0.15) is 48.0 Å². The molecule has 0 saturated carbocycles. The number of imidazole rings is 1. The highest BCUT2D eigenvalue weighted by atomic mass is 16.6. The van der Waals surface area contributed by atoms with E-state index in [9.17, 15) is 24.0 Å². The van der Waals surface area contributed by atoms with Crippen molar-refractivity contribution in [3.05, 3.63) is 18.7 Å². The molecule has 2 atom stereocenters. The fourth-order valence-corrected chi connectivity index (χ4v) is 4.34. The molecule has 2 unspecified atom stereocenters. The van der Waals surface area contributed by atoms with E-state index in [1.807, 2.05) is 31.5 Å². The van der Waals surface area contributed by atoms with Crippen molar-refractivity contribution in [1.29, 1.82) is 0 Å². The maximum Gasteiger partial charge on any atom is 0.418 e. The summed E-state index contributed by atoms with van der Waals surface area (Å²) in [6.45, 7) is 14.4. The van der Waals surface area contributed by atoms with Gasteiger partial charge in [0.15, 0.2) is 6.04 Å². The molecule has 3 aliphatic heterocycles. The number of carbonyl (C=O) groups excluding carboxylic acids is 5. The number of carbonyl (C=O) groups is 5. The van der Waals surface area contributed by atoms with E-state index in [-0.39, 0.29) is 25.1 Å². The topological polar surface area (TPSA) is 165 Å². The van der Waals surface area contributed by atoms with Gasteiger partial charge in [-0.2, -0.15) is 0 Å². The van der Waals surface area contributed by atoms with Crippen LogP contribution in [0.3, 0.4) is 0 Å². The van der Waals surface area contributed by atoms with Crippen LogP contribution in [0.4, 0.5) is 14.4 Å². The van der Waals surface area contributed by atoms with Crippen LogP contribution >= 0.6 is 0 Å². The number of nitrogens with one attached hydrogen (secondary N) is 2. The molecule has 0 aromatic carbocycles. The molecule has 0 bridgehead atoms. The molecule has 15 heteroatoms. The standard InChI is InChI=1S/C16H27N5O3.C11H16N2O5/c1-16(2,3)24-15(23)21-10-7-18-13(11-21)14(22)19-5-4-8-20-9-6-17-12-20;1-11(2,3)18-9(15)12-4-5-13-7(6-12)8(14)17-10(13)16/h6,9,12-13,18H,4-5,7-8,10-11H2,1-3H3,(H,19,22);7H,4-6H2,1-3H3. The first-order chi connectivity index (χ1) is 19.6. The van der Waals surface area contributed by atoms with Gasteiger partial charge in [-0.3, -0.25) is 9.69 Å². The summed E-state index contributed by atoms with van der Waals surface area (Å²) < 4.78 is 17.1. The van der Waals surface area contributed by atoms with Gasteiger partial charge in [-0.25, -0.2) is 24.2 Å². The van der Waals surface area contributed by atoms with Crippen LogP contribution in [0.2, 0.25) is 0 Å². The van der Waals surface area contributed by atoms with Crippen LogP contribution in [-0.4, -0.2) is 124 Å². The lowest BCUT2D eigenvalue weighted by atomic mass is 10.2. The van der Waals surface area contributed by atoms with Crippen molar-refractivity contribution in [2.75, 3.05) is 45.8 Å². The van der Waals surface area contributed by atoms with Crippen LogP contribution in [0.25, 0.3) is 0 Å². The van der Waals surface area contributed by atoms with E-state index in [0.717, 1.165) is 13.0 Å². The molecular formula is C27H43N7O8. The van der Waals surface area contributed by atoms with Crippen molar-refractivity contribution in [3.8, 4) is 0 Å². The number of aryl methyl sites for hydroxylation is 1. The molecule has 4 amide bonds.